The molecule has 2 nitrogen and oxygen atoms in total. The van der Waals surface area contributed by atoms with Crippen LogP contribution in [0.1, 0.15) is 12.8 Å². The van der Waals surface area contributed by atoms with Gasteiger partial charge in [-0.3, -0.25) is 0 Å². The molecule has 0 spiro atoms. The Hall–Kier alpha value is -0.490. The van der Waals surface area contributed by atoms with Crippen molar-refractivity contribution in [2.24, 2.45) is 5.41 Å². The Morgan fingerprint density at radius 3 is 2.47 bits per heavy atom. The SMILES string of the molecule is O=S(=O)(CC1(CBr)CC1)c1cc(F)ccc1F. The molecule has 1 saturated carbocycles. The topological polar surface area (TPSA) is 34.1 Å². The van der Waals surface area contributed by atoms with Gasteiger partial charge in [0, 0.05) is 5.33 Å². The van der Waals surface area contributed by atoms with E-state index in [4.69, 9.17) is 0 Å². The molecule has 17 heavy (non-hydrogen) atoms. The molecular formula is C11H11BrF2O2S. The summed E-state index contributed by atoms with van der Waals surface area (Å²) in [4.78, 5) is -0.537. The normalized spacial score (nSPS) is 18.1. The van der Waals surface area contributed by atoms with E-state index in [-0.39, 0.29) is 11.2 Å². The van der Waals surface area contributed by atoms with Crippen LogP contribution < -0.4 is 0 Å². The Balaban J connectivity index is 2.35. The predicted molar refractivity (Wildman–Crippen MR) is 63.9 cm³/mol. The van der Waals surface area contributed by atoms with E-state index in [1.807, 2.05) is 0 Å². The van der Waals surface area contributed by atoms with E-state index in [2.05, 4.69) is 15.9 Å². The Bertz CT molecular complexity index is 538. The molecule has 0 N–H and O–H groups in total. The van der Waals surface area contributed by atoms with Gasteiger partial charge in [0.1, 0.15) is 16.5 Å². The molecule has 94 valence electrons. The fourth-order valence-electron chi connectivity index (χ4n) is 1.69. The first kappa shape index (κ1) is 13.0. The standard InChI is InChI=1S/C11H11BrF2O2S/c12-6-11(3-4-11)7-17(15,16)10-5-8(13)1-2-9(10)14/h1-2,5H,3-4,6-7H2. The third kappa shape index (κ3) is 2.68. The molecule has 1 aliphatic rings. The molecule has 0 heterocycles. The number of hydrogen-bond donors (Lipinski definition) is 0. The van der Waals surface area contributed by atoms with Crippen LogP contribution in [0.3, 0.4) is 0 Å². The van der Waals surface area contributed by atoms with Crippen LogP contribution in [0.25, 0.3) is 0 Å². The van der Waals surface area contributed by atoms with Crippen LogP contribution in [0.4, 0.5) is 8.78 Å². The maximum atomic E-state index is 13.4. The van der Waals surface area contributed by atoms with Crippen LogP contribution >= 0.6 is 15.9 Å². The lowest BCUT2D eigenvalue weighted by Gasteiger charge is -2.12. The maximum absolute atomic E-state index is 13.4. The van der Waals surface area contributed by atoms with Gasteiger partial charge in [0.25, 0.3) is 0 Å². The average molecular weight is 325 g/mol. The van der Waals surface area contributed by atoms with Crippen LogP contribution in [0.15, 0.2) is 23.1 Å². The molecule has 1 aromatic rings. The summed E-state index contributed by atoms with van der Waals surface area (Å²) in [7, 11) is -3.77. The molecule has 6 heteroatoms. The quantitative estimate of drug-likeness (QED) is 0.798. The lowest BCUT2D eigenvalue weighted by molar-refractivity contribution is 0.542. The summed E-state index contributed by atoms with van der Waals surface area (Å²) in [6.45, 7) is 0. The highest BCUT2D eigenvalue weighted by molar-refractivity contribution is 9.09. The van der Waals surface area contributed by atoms with Gasteiger partial charge < -0.3 is 0 Å². The summed E-state index contributed by atoms with van der Waals surface area (Å²) in [5.41, 5.74) is -0.294. The van der Waals surface area contributed by atoms with E-state index in [9.17, 15) is 17.2 Å². The summed E-state index contributed by atoms with van der Waals surface area (Å²) in [6, 6.07) is 2.50. The van der Waals surface area contributed by atoms with Crippen molar-refractivity contribution >= 4 is 25.8 Å². The van der Waals surface area contributed by atoms with E-state index < -0.39 is 26.4 Å². The number of alkyl halides is 1. The largest absolute Gasteiger partial charge is 0.224 e. The van der Waals surface area contributed by atoms with Gasteiger partial charge in [-0.05, 0) is 36.5 Å². The summed E-state index contributed by atoms with van der Waals surface area (Å²) in [6.07, 6.45) is 1.60. The number of hydrogen-bond acceptors (Lipinski definition) is 2. The first-order valence-corrected chi connectivity index (χ1v) is 7.90. The molecule has 1 aliphatic carbocycles. The van der Waals surface area contributed by atoms with E-state index in [0.29, 0.717) is 5.33 Å². The van der Waals surface area contributed by atoms with Crippen molar-refractivity contribution in [2.45, 2.75) is 17.7 Å². The maximum Gasteiger partial charge on any atom is 0.181 e. The highest BCUT2D eigenvalue weighted by atomic mass is 79.9. The molecule has 2 rings (SSSR count). The fourth-order valence-corrected chi connectivity index (χ4v) is 4.72. The third-order valence-electron chi connectivity index (χ3n) is 2.97. The van der Waals surface area contributed by atoms with Gasteiger partial charge in [-0.25, -0.2) is 17.2 Å². The van der Waals surface area contributed by atoms with E-state index >= 15 is 0 Å². The van der Waals surface area contributed by atoms with Crippen molar-refractivity contribution < 1.29 is 17.2 Å². The molecular weight excluding hydrogens is 314 g/mol. The van der Waals surface area contributed by atoms with Crippen molar-refractivity contribution in [3.63, 3.8) is 0 Å². The molecule has 0 aromatic heterocycles. The fraction of sp³-hybridized carbons (Fsp3) is 0.455. The number of sulfone groups is 1. The van der Waals surface area contributed by atoms with Crippen molar-refractivity contribution in [3.8, 4) is 0 Å². The van der Waals surface area contributed by atoms with Crippen molar-refractivity contribution in [1.29, 1.82) is 0 Å². The zero-order valence-electron chi connectivity index (χ0n) is 8.92. The minimum absolute atomic E-state index is 0.133. The van der Waals surface area contributed by atoms with Gasteiger partial charge in [-0.2, -0.15) is 0 Å². The molecule has 0 atom stereocenters. The Labute approximate surface area is 107 Å². The Kier molecular flexibility index (Phi) is 3.29. The van der Waals surface area contributed by atoms with Crippen molar-refractivity contribution in [2.75, 3.05) is 11.1 Å². The summed E-state index contributed by atoms with van der Waals surface area (Å²) >= 11 is 3.26. The summed E-state index contributed by atoms with van der Waals surface area (Å²) in [5.74, 6) is -1.77. The zero-order valence-corrected chi connectivity index (χ0v) is 11.3. The Morgan fingerprint density at radius 2 is 1.94 bits per heavy atom. The highest BCUT2D eigenvalue weighted by Gasteiger charge is 2.45. The summed E-state index contributed by atoms with van der Waals surface area (Å²) in [5, 5.41) is 0.566. The van der Waals surface area contributed by atoms with Gasteiger partial charge in [0.15, 0.2) is 9.84 Å². The molecule has 0 saturated heterocycles. The molecule has 1 fully saturated rings. The Morgan fingerprint density at radius 1 is 1.29 bits per heavy atom. The second kappa shape index (κ2) is 4.31. The van der Waals surface area contributed by atoms with Crippen LogP contribution in [-0.4, -0.2) is 19.5 Å². The van der Waals surface area contributed by atoms with E-state index in [1.54, 1.807) is 0 Å². The van der Waals surface area contributed by atoms with Gasteiger partial charge in [0.2, 0.25) is 0 Å². The molecule has 1 aromatic carbocycles. The minimum Gasteiger partial charge on any atom is -0.224 e. The summed E-state index contributed by atoms with van der Waals surface area (Å²) < 4.78 is 50.4. The van der Waals surface area contributed by atoms with Crippen LogP contribution in [-0.2, 0) is 9.84 Å². The van der Waals surface area contributed by atoms with Crippen LogP contribution in [0, 0.1) is 17.0 Å². The second-order valence-electron chi connectivity index (χ2n) is 4.47. The van der Waals surface area contributed by atoms with Gasteiger partial charge in [-0.1, -0.05) is 15.9 Å². The monoisotopic (exact) mass is 324 g/mol. The van der Waals surface area contributed by atoms with Gasteiger partial charge in [-0.15, -0.1) is 0 Å². The molecule has 0 amide bonds. The van der Waals surface area contributed by atoms with Crippen molar-refractivity contribution in [1.82, 2.24) is 0 Å². The van der Waals surface area contributed by atoms with Crippen LogP contribution in [0.2, 0.25) is 0 Å². The van der Waals surface area contributed by atoms with Gasteiger partial charge >= 0.3 is 0 Å². The lowest BCUT2D eigenvalue weighted by Crippen LogP contribution is -2.19. The average Bonchev–Trinajstić information content (AvgIpc) is 3.01. The lowest BCUT2D eigenvalue weighted by atomic mass is 10.2. The third-order valence-corrected chi connectivity index (χ3v) is 6.13. The molecule has 0 radical (unpaired) electrons. The van der Waals surface area contributed by atoms with Gasteiger partial charge in [0.05, 0.1) is 5.75 Å². The number of halogens is 3. The molecule has 0 aliphatic heterocycles. The van der Waals surface area contributed by atoms with Crippen LogP contribution in [0.5, 0.6) is 0 Å². The first-order chi connectivity index (χ1) is 7.88. The first-order valence-electron chi connectivity index (χ1n) is 5.12. The van der Waals surface area contributed by atoms with E-state index in [1.165, 1.54) is 0 Å². The number of benzene rings is 1. The molecule has 0 unspecified atom stereocenters. The second-order valence-corrected chi connectivity index (χ2v) is 6.99. The van der Waals surface area contributed by atoms with Crippen molar-refractivity contribution in [3.05, 3.63) is 29.8 Å². The highest BCUT2D eigenvalue weighted by Crippen LogP contribution is 2.48. The number of rotatable bonds is 4. The predicted octanol–water partition coefficient (Wildman–Crippen LogP) is 2.91. The van der Waals surface area contributed by atoms with E-state index in [0.717, 1.165) is 31.0 Å². The zero-order chi connectivity index (χ0) is 12.7. The molecule has 0 bridgehead atoms. The smallest absolute Gasteiger partial charge is 0.181 e. The minimum atomic E-state index is -3.77.